The van der Waals surface area contributed by atoms with Gasteiger partial charge < -0.3 is 5.11 Å². The second-order valence-electron chi connectivity index (χ2n) is 3.27. The highest BCUT2D eigenvalue weighted by atomic mass is 16.3. The predicted molar refractivity (Wildman–Crippen MR) is 51.7 cm³/mol. The molecule has 0 aromatic heterocycles. The van der Waals surface area contributed by atoms with Crippen molar-refractivity contribution in [1.29, 1.82) is 0 Å². The van der Waals surface area contributed by atoms with E-state index < -0.39 is 0 Å². The summed E-state index contributed by atoms with van der Waals surface area (Å²) in [6.45, 7) is 10.6. The van der Waals surface area contributed by atoms with Crippen molar-refractivity contribution >= 4 is 0 Å². The maximum atomic E-state index is 8.67. The molecule has 0 rings (SSSR count). The molecule has 70 valence electrons. The Morgan fingerprint density at radius 3 is 1.18 bits per heavy atom. The van der Waals surface area contributed by atoms with Crippen LogP contribution in [0.3, 0.4) is 0 Å². The molecule has 0 aliphatic rings. The molecule has 0 atom stereocenters. The van der Waals surface area contributed by atoms with Crippen molar-refractivity contribution in [2.24, 2.45) is 5.92 Å². The van der Waals surface area contributed by atoms with Gasteiger partial charge in [-0.05, 0) is 18.8 Å². The van der Waals surface area contributed by atoms with Gasteiger partial charge in [0.25, 0.3) is 0 Å². The van der Waals surface area contributed by atoms with Crippen LogP contribution in [-0.4, -0.2) is 11.2 Å². The van der Waals surface area contributed by atoms with Crippen LogP contribution in [0.1, 0.15) is 53.9 Å². The van der Waals surface area contributed by atoms with E-state index in [2.05, 4.69) is 20.8 Å². The zero-order valence-electron chi connectivity index (χ0n) is 8.72. The van der Waals surface area contributed by atoms with Crippen molar-refractivity contribution in [3.8, 4) is 0 Å². The summed E-state index contributed by atoms with van der Waals surface area (Å²) >= 11 is 0. The Balaban J connectivity index is 0. The molecular formula is C10H24O. The van der Waals surface area contributed by atoms with E-state index in [1.54, 1.807) is 0 Å². The van der Waals surface area contributed by atoms with Crippen LogP contribution >= 0.6 is 0 Å². The van der Waals surface area contributed by atoms with E-state index in [4.69, 9.17) is 5.11 Å². The van der Waals surface area contributed by atoms with Crippen molar-refractivity contribution in [3.63, 3.8) is 0 Å². The summed E-state index contributed by atoms with van der Waals surface area (Å²) in [7, 11) is 0. The Labute approximate surface area is 71.8 Å². The molecule has 0 unspecified atom stereocenters. The van der Waals surface area contributed by atoms with E-state index in [0.717, 1.165) is 18.8 Å². The van der Waals surface area contributed by atoms with Crippen LogP contribution in [0, 0.1) is 5.92 Å². The normalized spacial score (nSPS) is 9.82. The molecule has 1 nitrogen and oxygen atoms in total. The molecule has 0 aliphatic carbocycles. The highest BCUT2D eigenvalue weighted by molar-refractivity contribution is 4.43. The molecule has 0 heterocycles. The molecule has 11 heavy (non-hydrogen) atoms. The molecule has 0 saturated carbocycles. The number of aliphatic hydroxyl groups excluding tert-OH is 1. The number of rotatable bonds is 3. The maximum absolute atomic E-state index is 8.67. The van der Waals surface area contributed by atoms with Gasteiger partial charge in [-0.2, -0.15) is 0 Å². The summed E-state index contributed by atoms with van der Waals surface area (Å²) in [5.41, 5.74) is 0. The summed E-state index contributed by atoms with van der Waals surface area (Å²) in [5.74, 6) is 0.884. The first kappa shape index (κ1) is 13.5. The van der Waals surface area contributed by atoms with Crippen LogP contribution in [0.4, 0.5) is 0 Å². The SMILES string of the molecule is CCC(C)C.CCC(O)CC. The van der Waals surface area contributed by atoms with Gasteiger partial charge in [0, 0.05) is 0 Å². The molecule has 0 spiro atoms. The average molecular weight is 160 g/mol. The van der Waals surface area contributed by atoms with E-state index in [9.17, 15) is 0 Å². The van der Waals surface area contributed by atoms with Crippen LogP contribution in [0.5, 0.6) is 0 Å². The summed E-state index contributed by atoms with van der Waals surface area (Å²) in [5, 5.41) is 8.67. The van der Waals surface area contributed by atoms with Crippen molar-refractivity contribution in [1.82, 2.24) is 0 Å². The maximum Gasteiger partial charge on any atom is 0.0535 e. The fraction of sp³-hybridized carbons (Fsp3) is 1.00. The van der Waals surface area contributed by atoms with Crippen molar-refractivity contribution < 1.29 is 5.11 Å². The second-order valence-corrected chi connectivity index (χ2v) is 3.27. The lowest BCUT2D eigenvalue weighted by Gasteiger charge is -1.98. The largest absolute Gasteiger partial charge is 0.393 e. The fourth-order valence-electron chi connectivity index (χ4n) is 0.289. The topological polar surface area (TPSA) is 20.2 Å². The van der Waals surface area contributed by atoms with Crippen LogP contribution in [0.2, 0.25) is 0 Å². The monoisotopic (exact) mass is 160 g/mol. The lowest BCUT2D eigenvalue weighted by atomic mass is 10.2. The highest BCUT2D eigenvalue weighted by Gasteiger charge is 1.90. The van der Waals surface area contributed by atoms with Gasteiger partial charge in [0.15, 0.2) is 0 Å². The first-order valence-corrected chi connectivity index (χ1v) is 4.76. The minimum atomic E-state index is -0.0648. The van der Waals surface area contributed by atoms with Gasteiger partial charge in [-0.1, -0.05) is 41.0 Å². The molecular weight excluding hydrogens is 136 g/mol. The number of aliphatic hydroxyl groups is 1. The second kappa shape index (κ2) is 9.96. The molecule has 0 bridgehead atoms. The lowest BCUT2D eigenvalue weighted by Crippen LogP contribution is -1.99. The molecule has 1 N–H and O–H groups in total. The Kier molecular flexibility index (Phi) is 12.3. The molecule has 0 fully saturated rings. The van der Waals surface area contributed by atoms with E-state index in [-0.39, 0.29) is 6.10 Å². The Hall–Kier alpha value is -0.0400. The molecule has 1 heteroatoms. The summed E-state index contributed by atoms with van der Waals surface area (Å²) < 4.78 is 0. The third-order valence-electron chi connectivity index (χ3n) is 1.76. The first-order chi connectivity index (χ1) is 5.08. The first-order valence-electron chi connectivity index (χ1n) is 4.76. The van der Waals surface area contributed by atoms with Crippen LogP contribution in [-0.2, 0) is 0 Å². The Morgan fingerprint density at radius 1 is 0.909 bits per heavy atom. The van der Waals surface area contributed by atoms with Gasteiger partial charge in [-0.3, -0.25) is 0 Å². The molecule has 0 saturated heterocycles. The van der Waals surface area contributed by atoms with Crippen molar-refractivity contribution in [2.45, 2.75) is 60.0 Å². The van der Waals surface area contributed by atoms with Gasteiger partial charge in [-0.25, -0.2) is 0 Å². The highest BCUT2D eigenvalue weighted by Crippen LogP contribution is 1.94. The molecule has 0 aromatic carbocycles. The summed E-state index contributed by atoms with van der Waals surface area (Å²) in [6, 6.07) is 0. The van der Waals surface area contributed by atoms with E-state index in [1.165, 1.54) is 6.42 Å². The minimum absolute atomic E-state index is 0.0648. The number of hydrogen-bond acceptors (Lipinski definition) is 1. The quantitative estimate of drug-likeness (QED) is 0.672. The predicted octanol–water partition coefficient (Wildman–Crippen LogP) is 3.22. The van der Waals surface area contributed by atoms with E-state index in [1.807, 2.05) is 13.8 Å². The zero-order chi connectivity index (χ0) is 9.28. The third-order valence-corrected chi connectivity index (χ3v) is 1.76. The Morgan fingerprint density at radius 2 is 1.18 bits per heavy atom. The van der Waals surface area contributed by atoms with Gasteiger partial charge in [0.05, 0.1) is 6.10 Å². The fourth-order valence-corrected chi connectivity index (χ4v) is 0.289. The van der Waals surface area contributed by atoms with E-state index in [0.29, 0.717) is 0 Å². The van der Waals surface area contributed by atoms with Gasteiger partial charge >= 0.3 is 0 Å². The van der Waals surface area contributed by atoms with Gasteiger partial charge in [-0.15, -0.1) is 0 Å². The number of hydrogen-bond donors (Lipinski definition) is 1. The van der Waals surface area contributed by atoms with Gasteiger partial charge in [0.1, 0.15) is 0 Å². The lowest BCUT2D eigenvalue weighted by molar-refractivity contribution is 0.166. The van der Waals surface area contributed by atoms with Crippen molar-refractivity contribution in [2.75, 3.05) is 0 Å². The Bertz CT molecular complexity index is 55.9. The van der Waals surface area contributed by atoms with E-state index >= 15 is 0 Å². The standard InChI is InChI=1S/C5H12O.C5H12/c1-3-5(6)4-2;1-4-5(2)3/h5-6H,3-4H2,1-2H3;5H,4H2,1-3H3. The van der Waals surface area contributed by atoms with Crippen LogP contribution in [0.25, 0.3) is 0 Å². The average Bonchev–Trinajstić information content (AvgIpc) is 2.04. The molecule has 0 aromatic rings. The van der Waals surface area contributed by atoms with Crippen molar-refractivity contribution in [3.05, 3.63) is 0 Å². The van der Waals surface area contributed by atoms with Crippen LogP contribution in [0.15, 0.2) is 0 Å². The van der Waals surface area contributed by atoms with Crippen LogP contribution < -0.4 is 0 Å². The van der Waals surface area contributed by atoms with Gasteiger partial charge in [0.2, 0.25) is 0 Å². The third kappa shape index (κ3) is 17.8. The minimum Gasteiger partial charge on any atom is -0.393 e. The summed E-state index contributed by atoms with van der Waals surface area (Å²) in [6.07, 6.45) is 3.01. The molecule has 0 amide bonds. The summed E-state index contributed by atoms with van der Waals surface area (Å²) in [4.78, 5) is 0. The molecule has 0 radical (unpaired) electrons. The zero-order valence-corrected chi connectivity index (χ0v) is 8.72. The molecule has 0 aliphatic heterocycles. The smallest absolute Gasteiger partial charge is 0.0535 e.